The molecule has 0 radical (unpaired) electrons. The molecule has 0 unspecified atom stereocenters. The zero-order chi connectivity index (χ0) is 6.41. The number of rotatable bonds is 3. The van der Waals surface area contributed by atoms with Gasteiger partial charge in [-0.1, -0.05) is 6.92 Å². The molecule has 9 heavy (non-hydrogen) atoms. The minimum atomic E-state index is -0.581. The molecule has 4 heteroatoms. The first-order chi connectivity index (χ1) is 3.81. The van der Waals surface area contributed by atoms with Crippen molar-refractivity contribution in [3.63, 3.8) is 0 Å². The van der Waals surface area contributed by atoms with Crippen molar-refractivity contribution in [3.05, 3.63) is 12.0 Å². The molecule has 0 saturated heterocycles. The molecule has 0 saturated carbocycles. The molecule has 0 fully saturated rings. The largest absolute Gasteiger partial charge is 1.00 e. The number of ether oxygens (including phenoxy) is 1. The summed E-state index contributed by atoms with van der Waals surface area (Å²) in [5, 5.41) is 10.1. The van der Waals surface area contributed by atoms with E-state index in [1.165, 1.54) is 0 Å². The number of hydrogen-bond donors (Lipinski definition) is 0. The van der Waals surface area contributed by atoms with Crippen LogP contribution in [0.2, 0.25) is 0 Å². The minimum absolute atomic E-state index is 0. The second kappa shape index (κ2) is 8.01. The molecule has 0 aliphatic heterocycles. The molecule has 0 aliphatic carbocycles. The SMILES string of the molecule is CCO/C([O-])=C/C=O.[Na+]. The average molecular weight is 138 g/mol. The van der Waals surface area contributed by atoms with Crippen LogP contribution in [0.4, 0.5) is 0 Å². The molecule has 0 aromatic carbocycles. The average Bonchev–Trinajstić information content (AvgIpc) is 1.68. The Morgan fingerprint density at radius 2 is 2.33 bits per heavy atom. The maximum atomic E-state index is 10.1. The van der Waals surface area contributed by atoms with Gasteiger partial charge in [0.05, 0.1) is 5.95 Å². The number of hydrogen-bond acceptors (Lipinski definition) is 3. The third-order valence-corrected chi connectivity index (χ3v) is 0.491. The number of allylic oxidation sites excluding steroid dienone is 1. The fourth-order valence-corrected chi connectivity index (χ4v) is 0.246. The van der Waals surface area contributed by atoms with E-state index in [-0.39, 0.29) is 29.6 Å². The van der Waals surface area contributed by atoms with Crippen molar-refractivity contribution in [2.45, 2.75) is 6.92 Å². The summed E-state index contributed by atoms with van der Waals surface area (Å²) >= 11 is 0. The van der Waals surface area contributed by atoms with Gasteiger partial charge in [0.25, 0.3) is 0 Å². The number of aldehydes is 1. The van der Waals surface area contributed by atoms with Crippen LogP contribution in [0.15, 0.2) is 12.0 Å². The number of carbonyl (C=O) groups is 1. The molecule has 0 rings (SSSR count). The monoisotopic (exact) mass is 138 g/mol. The van der Waals surface area contributed by atoms with Crippen LogP contribution in [0.1, 0.15) is 6.92 Å². The van der Waals surface area contributed by atoms with Gasteiger partial charge >= 0.3 is 29.6 Å². The molecule has 0 atom stereocenters. The third kappa shape index (κ3) is 8.01. The van der Waals surface area contributed by atoms with E-state index in [2.05, 4.69) is 4.74 Å². The Bertz CT molecular complexity index is 100. The fourth-order valence-electron chi connectivity index (χ4n) is 0.246. The summed E-state index contributed by atoms with van der Waals surface area (Å²) in [6, 6.07) is 0. The van der Waals surface area contributed by atoms with E-state index in [0.29, 0.717) is 12.9 Å². The molecule has 0 aromatic rings. The maximum absolute atomic E-state index is 10.1. The first kappa shape index (κ1) is 11.8. The molecule has 0 bridgehead atoms. The van der Waals surface area contributed by atoms with Gasteiger partial charge in [0.15, 0.2) is 0 Å². The predicted octanol–water partition coefficient (Wildman–Crippen LogP) is -3.57. The van der Waals surface area contributed by atoms with E-state index in [0.717, 1.165) is 6.08 Å². The van der Waals surface area contributed by atoms with Crippen LogP contribution < -0.4 is 34.7 Å². The first-order valence-corrected chi connectivity index (χ1v) is 2.26. The van der Waals surface area contributed by atoms with E-state index in [1.54, 1.807) is 6.92 Å². The Kier molecular flexibility index (Phi) is 10.5. The molecule has 0 heterocycles. The van der Waals surface area contributed by atoms with E-state index >= 15 is 0 Å². The molecule has 3 nitrogen and oxygen atoms in total. The molecule has 0 N–H and O–H groups in total. The molecule has 0 amide bonds. The van der Waals surface area contributed by atoms with Gasteiger partial charge in [-0.2, -0.15) is 0 Å². The van der Waals surface area contributed by atoms with Crippen molar-refractivity contribution in [2.24, 2.45) is 0 Å². The molecule has 0 aromatic heterocycles. The van der Waals surface area contributed by atoms with Crippen molar-refractivity contribution in [1.29, 1.82) is 0 Å². The Hall–Kier alpha value is 0.0100. The summed E-state index contributed by atoms with van der Waals surface area (Å²) in [4.78, 5) is 9.53. The molecule has 0 spiro atoms. The normalized spacial score (nSPS) is 9.67. The Labute approximate surface area is 76.0 Å². The van der Waals surface area contributed by atoms with Crippen LogP contribution in [0, 0.1) is 0 Å². The molecular formula is C5H7NaO3. The summed E-state index contributed by atoms with van der Waals surface area (Å²) < 4.78 is 4.36. The van der Waals surface area contributed by atoms with Gasteiger partial charge in [-0.15, -0.1) is 0 Å². The first-order valence-electron chi connectivity index (χ1n) is 2.26. The van der Waals surface area contributed by atoms with Crippen LogP contribution >= 0.6 is 0 Å². The van der Waals surface area contributed by atoms with E-state index in [4.69, 9.17) is 0 Å². The van der Waals surface area contributed by atoms with Crippen LogP contribution in [0.3, 0.4) is 0 Å². The summed E-state index contributed by atoms with van der Waals surface area (Å²) in [7, 11) is 0. The molecular weight excluding hydrogens is 131 g/mol. The van der Waals surface area contributed by atoms with Crippen molar-refractivity contribution in [1.82, 2.24) is 0 Å². The summed E-state index contributed by atoms with van der Waals surface area (Å²) in [5.74, 6) is -0.581. The van der Waals surface area contributed by atoms with Crippen molar-refractivity contribution in [2.75, 3.05) is 6.61 Å². The Balaban J connectivity index is 0. The Morgan fingerprint density at radius 3 is 2.67 bits per heavy atom. The minimum Gasteiger partial charge on any atom is -0.613 e. The fraction of sp³-hybridized carbons (Fsp3) is 0.400. The van der Waals surface area contributed by atoms with Crippen molar-refractivity contribution >= 4 is 6.29 Å². The van der Waals surface area contributed by atoms with Crippen LogP contribution in [-0.2, 0) is 9.53 Å². The van der Waals surface area contributed by atoms with Crippen LogP contribution in [-0.4, -0.2) is 12.9 Å². The van der Waals surface area contributed by atoms with Gasteiger partial charge in [-0.05, 0) is 12.7 Å². The van der Waals surface area contributed by atoms with Gasteiger partial charge in [0.1, 0.15) is 6.29 Å². The van der Waals surface area contributed by atoms with Gasteiger partial charge in [0.2, 0.25) is 0 Å². The summed E-state index contributed by atoms with van der Waals surface area (Å²) in [6.45, 7) is 1.99. The molecule has 0 aliphatic rings. The smallest absolute Gasteiger partial charge is 0.613 e. The zero-order valence-corrected chi connectivity index (χ0v) is 7.59. The van der Waals surface area contributed by atoms with Gasteiger partial charge in [0, 0.05) is 0 Å². The second-order valence-corrected chi connectivity index (χ2v) is 1.05. The zero-order valence-electron chi connectivity index (χ0n) is 5.59. The Morgan fingerprint density at radius 1 is 1.78 bits per heavy atom. The topological polar surface area (TPSA) is 49.4 Å². The van der Waals surface area contributed by atoms with Crippen molar-refractivity contribution in [3.8, 4) is 0 Å². The van der Waals surface area contributed by atoms with Gasteiger partial charge in [-0.3, -0.25) is 4.79 Å². The summed E-state index contributed by atoms with van der Waals surface area (Å²) in [6.07, 6.45) is 1.24. The third-order valence-electron chi connectivity index (χ3n) is 0.491. The number of carbonyl (C=O) groups excluding carboxylic acids is 1. The van der Waals surface area contributed by atoms with Crippen molar-refractivity contribution < 1.29 is 44.2 Å². The summed E-state index contributed by atoms with van der Waals surface area (Å²) in [5.41, 5.74) is 0. The van der Waals surface area contributed by atoms with Gasteiger partial charge < -0.3 is 9.84 Å². The van der Waals surface area contributed by atoms with Crippen LogP contribution in [0.5, 0.6) is 0 Å². The van der Waals surface area contributed by atoms with E-state index < -0.39 is 5.95 Å². The van der Waals surface area contributed by atoms with E-state index in [1.807, 2.05) is 0 Å². The van der Waals surface area contributed by atoms with Crippen LogP contribution in [0.25, 0.3) is 0 Å². The molecule has 46 valence electrons. The second-order valence-electron chi connectivity index (χ2n) is 1.05. The quantitative estimate of drug-likeness (QED) is 0.175. The maximum Gasteiger partial charge on any atom is 1.00 e. The van der Waals surface area contributed by atoms with Gasteiger partial charge in [-0.25, -0.2) is 0 Å². The predicted molar refractivity (Wildman–Crippen MR) is 25.8 cm³/mol. The van der Waals surface area contributed by atoms with E-state index in [9.17, 15) is 9.90 Å². The standard InChI is InChI=1S/C5H8O3.Na/c1-2-8-5(7)3-4-6;/h3-4,7H,2H2,1H3;/q;+1/p-1/b5-3+;.